The molecule has 0 spiro atoms. The minimum atomic E-state index is -1.51. The molecular formula is C13H19BNO4P. The first-order chi connectivity index (χ1) is 9.52. The predicted octanol–water partition coefficient (Wildman–Crippen LogP) is 2.36. The van der Waals surface area contributed by atoms with Crippen molar-refractivity contribution in [1.29, 1.82) is 0 Å². The van der Waals surface area contributed by atoms with Gasteiger partial charge in [-0.1, -0.05) is 18.2 Å². The fourth-order valence-electron chi connectivity index (χ4n) is 1.28. The van der Waals surface area contributed by atoms with Gasteiger partial charge in [-0.15, -0.1) is 0 Å². The summed E-state index contributed by atoms with van der Waals surface area (Å²) in [6.07, 6.45) is -0.163. The van der Waals surface area contributed by atoms with E-state index in [1.54, 1.807) is 32.9 Å². The lowest BCUT2D eigenvalue weighted by atomic mass is 10.2. The van der Waals surface area contributed by atoms with Crippen molar-refractivity contribution >= 4 is 22.3 Å². The molecule has 5 nitrogen and oxygen atoms in total. The van der Waals surface area contributed by atoms with Gasteiger partial charge in [0.2, 0.25) is 0 Å². The van der Waals surface area contributed by atoms with Gasteiger partial charge >= 0.3 is 14.5 Å². The van der Waals surface area contributed by atoms with Crippen LogP contribution < -0.4 is 9.61 Å². The van der Waals surface area contributed by atoms with E-state index in [4.69, 9.17) is 21.6 Å². The van der Waals surface area contributed by atoms with Crippen LogP contribution in [0.4, 0.5) is 0 Å². The SMILES string of the molecule is [B]COP(NC(C)C(=O)OC(C)C)Oc1ccccc1. The molecule has 2 unspecified atom stereocenters. The standard InChI is InChI=1S/C13H19BNO4P/c1-10(2)18-13(16)11(3)15-20(17-9-14)19-12-7-5-4-6-8-12/h4-8,10-11,15H,9H2,1-3H3. The molecule has 7 heteroatoms. The molecule has 1 aromatic rings. The van der Waals surface area contributed by atoms with E-state index < -0.39 is 14.6 Å². The summed E-state index contributed by atoms with van der Waals surface area (Å²) in [6.45, 7) is 5.28. The van der Waals surface area contributed by atoms with Crippen LogP contribution in [0.3, 0.4) is 0 Å². The summed E-state index contributed by atoms with van der Waals surface area (Å²) < 4.78 is 16.0. The fourth-order valence-corrected chi connectivity index (χ4v) is 2.33. The Morgan fingerprint density at radius 3 is 2.50 bits per heavy atom. The molecule has 0 saturated heterocycles. The lowest BCUT2D eigenvalue weighted by molar-refractivity contribution is -0.149. The van der Waals surface area contributed by atoms with E-state index in [0.717, 1.165) is 0 Å². The molecular weight excluding hydrogens is 276 g/mol. The number of nitrogens with one attached hydrogen (secondary N) is 1. The first-order valence-electron chi connectivity index (χ1n) is 6.35. The molecule has 0 aromatic heterocycles. The molecule has 0 aliphatic rings. The van der Waals surface area contributed by atoms with Gasteiger partial charge in [0.1, 0.15) is 19.6 Å². The number of rotatable bonds is 8. The van der Waals surface area contributed by atoms with Crippen LogP contribution in [0.15, 0.2) is 30.3 Å². The number of benzene rings is 1. The van der Waals surface area contributed by atoms with Crippen LogP contribution in [-0.4, -0.2) is 32.5 Å². The van der Waals surface area contributed by atoms with Crippen molar-refractivity contribution in [2.45, 2.75) is 32.9 Å². The second-order valence-corrected chi connectivity index (χ2v) is 5.51. The molecule has 0 saturated carbocycles. The van der Waals surface area contributed by atoms with Crippen molar-refractivity contribution in [1.82, 2.24) is 5.09 Å². The summed E-state index contributed by atoms with van der Waals surface area (Å²) in [4.78, 5) is 11.7. The van der Waals surface area contributed by atoms with Gasteiger partial charge in [0.15, 0.2) is 0 Å². The fraction of sp³-hybridized carbons (Fsp3) is 0.462. The highest BCUT2D eigenvalue weighted by atomic mass is 31.2. The smallest absolute Gasteiger partial charge is 0.323 e. The molecule has 2 atom stereocenters. The molecule has 1 rings (SSSR count). The van der Waals surface area contributed by atoms with E-state index in [1.165, 1.54) is 0 Å². The second-order valence-electron chi connectivity index (χ2n) is 4.29. The van der Waals surface area contributed by atoms with Crippen molar-refractivity contribution in [3.8, 4) is 5.75 Å². The Hall–Kier alpha value is -1.10. The maximum atomic E-state index is 11.7. The molecule has 0 aliphatic carbocycles. The number of hydrogen-bond acceptors (Lipinski definition) is 5. The van der Waals surface area contributed by atoms with Crippen molar-refractivity contribution < 1.29 is 18.6 Å². The quantitative estimate of drug-likeness (QED) is 0.453. The number of esters is 1. The van der Waals surface area contributed by atoms with Crippen LogP contribution in [0.2, 0.25) is 0 Å². The van der Waals surface area contributed by atoms with Gasteiger partial charge in [0, 0.05) is 6.51 Å². The summed E-state index contributed by atoms with van der Waals surface area (Å²) in [5.74, 6) is 0.286. The first-order valence-corrected chi connectivity index (χ1v) is 7.53. The lowest BCUT2D eigenvalue weighted by Gasteiger charge is -2.21. The summed E-state index contributed by atoms with van der Waals surface area (Å²) >= 11 is 0. The lowest BCUT2D eigenvalue weighted by Crippen LogP contribution is -2.34. The van der Waals surface area contributed by atoms with Crippen molar-refractivity contribution in [2.75, 3.05) is 6.51 Å². The summed E-state index contributed by atoms with van der Waals surface area (Å²) in [7, 11) is 3.86. The Bertz CT molecular complexity index is 405. The zero-order valence-electron chi connectivity index (χ0n) is 11.9. The normalized spacial score (nSPS) is 13.8. The molecule has 0 amide bonds. The average molecular weight is 295 g/mol. The van der Waals surface area contributed by atoms with Gasteiger partial charge in [-0.05, 0) is 32.9 Å². The summed E-state index contributed by atoms with van der Waals surface area (Å²) in [5, 5.41) is 2.94. The monoisotopic (exact) mass is 295 g/mol. The van der Waals surface area contributed by atoms with E-state index in [1.807, 2.05) is 18.2 Å². The minimum absolute atomic E-state index is 0.00249. The Balaban J connectivity index is 2.56. The van der Waals surface area contributed by atoms with Crippen LogP contribution in [0, 0.1) is 0 Å². The Morgan fingerprint density at radius 2 is 1.95 bits per heavy atom. The van der Waals surface area contributed by atoms with Crippen molar-refractivity contribution in [2.24, 2.45) is 0 Å². The van der Waals surface area contributed by atoms with Gasteiger partial charge in [0.05, 0.1) is 6.10 Å². The molecule has 108 valence electrons. The largest absolute Gasteiger partial charge is 0.462 e. The molecule has 0 bridgehead atoms. The van der Waals surface area contributed by atoms with E-state index in [2.05, 4.69) is 5.09 Å². The van der Waals surface area contributed by atoms with Crippen molar-refractivity contribution in [3.05, 3.63) is 30.3 Å². The minimum Gasteiger partial charge on any atom is -0.462 e. The molecule has 1 aromatic carbocycles. The van der Waals surface area contributed by atoms with E-state index in [9.17, 15) is 4.79 Å². The zero-order chi connectivity index (χ0) is 15.0. The topological polar surface area (TPSA) is 56.8 Å². The molecule has 1 N–H and O–H groups in total. The van der Waals surface area contributed by atoms with E-state index in [0.29, 0.717) is 5.75 Å². The highest BCUT2D eigenvalue weighted by molar-refractivity contribution is 7.45. The maximum absolute atomic E-state index is 11.7. The Labute approximate surface area is 122 Å². The summed E-state index contributed by atoms with van der Waals surface area (Å²) in [6, 6.07) is 8.64. The van der Waals surface area contributed by atoms with Gasteiger partial charge in [-0.2, -0.15) is 0 Å². The van der Waals surface area contributed by atoms with Crippen LogP contribution in [0.5, 0.6) is 5.75 Å². The molecule has 20 heavy (non-hydrogen) atoms. The number of carbonyl (C=O) groups is 1. The highest BCUT2D eigenvalue weighted by Crippen LogP contribution is 2.35. The van der Waals surface area contributed by atoms with E-state index in [-0.39, 0.29) is 18.6 Å². The van der Waals surface area contributed by atoms with Crippen LogP contribution >= 0.6 is 8.53 Å². The van der Waals surface area contributed by atoms with Crippen LogP contribution in [0.25, 0.3) is 0 Å². The third-order valence-electron chi connectivity index (χ3n) is 2.13. The highest BCUT2D eigenvalue weighted by Gasteiger charge is 2.22. The molecule has 0 heterocycles. The Morgan fingerprint density at radius 1 is 1.30 bits per heavy atom. The van der Waals surface area contributed by atoms with Gasteiger partial charge in [-0.25, -0.2) is 5.09 Å². The first kappa shape index (κ1) is 17.0. The number of ether oxygens (including phenoxy) is 1. The van der Waals surface area contributed by atoms with Gasteiger partial charge < -0.3 is 13.8 Å². The number of para-hydroxylation sites is 1. The predicted molar refractivity (Wildman–Crippen MR) is 79.5 cm³/mol. The second kappa shape index (κ2) is 8.95. The third-order valence-corrected chi connectivity index (χ3v) is 3.49. The third kappa shape index (κ3) is 6.37. The number of hydrogen-bond donors (Lipinski definition) is 1. The van der Waals surface area contributed by atoms with Gasteiger partial charge in [0.25, 0.3) is 0 Å². The molecule has 2 radical (unpaired) electrons. The van der Waals surface area contributed by atoms with E-state index >= 15 is 0 Å². The van der Waals surface area contributed by atoms with Crippen molar-refractivity contribution in [3.63, 3.8) is 0 Å². The van der Waals surface area contributed by atoms with Gasteiger partial charge in [-0.3, -0.25) is 4.79 Å². The average Bonchev–Trinajstić information content (AvgIpc) is 2.39. The Kier molecular flexibility index (Phi) is 7.59. The summed E-state index contributed by atoms with van der Waals surface area (Å²) in [5.41, 5.74) is 0. The van der Waals surface area contributed by atoms with Crippen LogP contribution in [-0.2, 0) is 14.1 Å². The number of carbonyl (C=O) groups excluding carboxylic acids is 1. The maximum Gasteiger partial charge on any atom is 0.323 e. The molecule has 0 aliphatic heterocycles. The molecule has 0 fully saturated rings. The van der Waals surface area contributed by atoms with Crippen LogP contribution in [0.1, 0.15) is 20.8 Å². The zero-order valence-corrected chi connectivity index (χ0v) is 12.8.